The van der Waals surface area contributed by atoms with Crippen LogP contribution in [-0.4, -0.2) is 5.91 Å². The second-order valence-electron chi connectivity index (χ2n) is 4.77. The van der Waals surface area contributed by atoms with E-state index in [1.54, 1.807) is 30.3 Å². The number of rotatable bonds is 4. The average Bonchev–Trinajstić information content (AvgIpc) is 2.51. The molecule has 0 aliphatic carbocycles. The second-order valence-corrected chi connectivity index (χ2v) is 5.18. The number of hydrogen-bond donors (Lipinski definition) is 1. The summed E-state index contributed by atoms with van der Waals surface area (Å²) in [5, 5.41) is 3.04. The van der Waals surface area contributed by atoms with Gasteiger partial charge in [-0.1, -0.05) is 41.9 Å². The van der Waals surface area contributed by atoms with Gasteiger partial charge in [-0.25, -0.2) is 0 Å². The van der Waals surface area contributed by atoms with Crippen molar-refractivity contribution in [3.05, 3.63) is 76.3 Å². The van der Waals surface area contributed by atoms with E-state index in [1.165, 1.54) is 18.2 Å². The highest BCUT2D eigenvalue weighted by molar-refractivity contribution is 6.32. The zero-order valence-corrected chi connectivity index (χ0v) is 12.7. The largest absolute Gasteiger partial charge is 0.416 e. The SMILES string of the molecule is O=C(/C=C/c1ccccc1Cl)NCc1cccc(C(F)(F)F)c1. The van der Waals surface area contributed by atoms with Crippen molar-refractivity contribution in [1.29, 1.82) is 0 Å². The highest BCUT2D eigenvalue weighted by atomic mass is 35.5. The fourth-order valence-electron chi connectivity index (χ4n) is 1.88. The van der Waals surface area contributed by atoms with Gasteiger partial charge in [0, 0.05) is 17.6 Å². The molecule has 0 saturated carbocycles. The van der Waals surface area contributed by atoms with E-state index in [9.17, 15) is 18.0 Å². The quantitative estimate of drug-likeness (QED) is 0.804. The molecule has 0 heterocycles. The molecule has 2 aromatic rings. The maximum atomic E-state index is 12.6. The minimum atomic E-state index is -4.40. The molecule has 0 aromatic heterocycles. The summed E-state index contributed by atoms with van der Waals surface area (Å²) in [5.74, 6) is -0.415. The summed E-state index contributed by atoms with van der Waals surface area (Å²) in [5.41, 5.74) is 0.318. The van der Waals surface area contributed by atoms with Crippen molar-refractivity contribution in [2.45, 2.75) is 12.7 Å². The first-order valence-corrected chi connectivity index (χ1v) is 7.10. The van der Waals surface area contributed by atoms with E-state index in [4.69, 9.17) is 11.6 Å². The molecule has 6 heteroatoms. The van der Waals surface area contributed by atoms with Gasteiger partial charge in [0.15, 0.2) is 0 Å². The Morgan fingerprint density at radius 1 is 1.13 bits per heavy atom. The predicted molar refractivity (Wildman–Crippen MR) is 83.8 cm³/mol. The summed E-state index contributed by atoms with van der Waals surface area (Å²) in [4.78, 5) is 11.7. The van der Waals surface area contributed by atoms with Crippen LogP contribution in [0.5, 0.6) is 0 Å². The molecule has 2 rings (SSSR count). The van der Waals surface area contributed by atoms with Crippen molar-refractivity contribution < 1.29 is 18.0 Å². The topological polar surface area (TPSA) is 29.1 Å². The molecule has 0 aliphatic heterocycles. The van der Waals surface area contributed by atoms with E-state index < -0.39 is 17.6 Å². The Balaban J connectivity index is 1.96. The molecule has 0 aliphatic rings. The van der Waals surface area contributed by atoms with Crippen molar-refractivity contribution in [2.24, 2.45) is 0 Å². The second kappa shape index (κ2) is 7.33. The summed E-state index contributed by atoms with van der Waals surface area (Å²) in [6.07, 6.45) is -1.57. The minimum absolute atomic E-state index is 0.00954. The number of carbonyl (C=O) groups excluding carboxylic acids is 1. The number of alkyl halides is 3. The molecular weight excluding hydrogens is 327 g/mol. The molecule has 0 saturated heterocycles. The van der Waals surface area contributed by atoms with Crippen LogP contribution in [0.3, 0.4) is 0 Å². The van der Waals surface area contributed by atoms with Crippen molar-refractivity contribution >= 4 is 23.6 Å². The van der Waals surface area contributed by atoms with Gasteiger partial charge in [-0.15, -0.1) is 0 Å². The van der Waals surface area contributed by atoms with Gasteiger partial charge in [-0.3, -0.25) is 4.79 Å². The number of halogens is 4. The third-order valence-electron chi connectivity index (χ3n) is 3.04. The van der Waals surface area contributed by atoms with E-state index >= 15 is 0 Å². The van der Waals surface area contributed by atoms with Crippen LogP contribution in [0.1, 0.15) is 16.7 Å². The van der Waals surface area contributed by atoms with E-state index in [-0.39, 0.29) is 6.54 Å². The lowest BCUT2D eigenvalue weighted by Crippen LogP contribution is -2.20. The van der Waals surface area contributed by atoms with Crippen LogP contribution in [0, 0.1) is 0 Å². The standard InChI is InChI=1S/C17H13ClF3NO/c18-15-7-2-1-5-13(15)8-9-16(23)22-11-12-4-3-6-14(10-12)17(19,20)21/h1-10H,11H2,(H,22,23)/b9-8+. The Morgan fingerprint density at radius 2 is 1.87 bits per heavy atom. The molecule has 0 atom stereocenters. The first-order valence-electron chi connectivity index (χ1n) is 6.73. The number of benzene rings is 2. The molecule has 2 nitrogen and oxygen atoms in total. The Kier molecular flexibility index (Phi) is 5.45. The first kappa shape index (κ1) is 17.1. The Labute approximate surface area is 136 Å². The fourth-order valence-corrected chi connectivity index (χ4v) is 2.08. The molecule has 120 valence electrons. The summed E-state index contributed by atoms with van der Waals surface area (Å²) in [7, 11) is 0. The zero-order valence-electron chi connectivity index (χ0n) is 11.9. The monoisotopic (exact) mass is 339 g/mol. The number of nitrogens with one attached hydrogen (secondary N) is 1. The minimum Gasteiger partial charge on any atom is -0.348 e. The molecule has 0 unspecified atom stereocenters. The molecule has 2 aromatic carbocycles. The molecule has 0 spiro atoms. The number of carbonyl (C=O) groups is 1. The van der Waals surface area contributed by atoms with Gasteiger partial charge >= 0.3 is 6.18 Å². The van der Waals surface area contributed by atoms with E-state index in [2.05, 4.69) is 5.32 Å². The van der Waals surface area contributed by atoms with Gasteiger partial charge < -0.3 is 5.32 Å². The van der Waals surface area contributed by atoms with Crippen LogP contribution in [0.2, 0.25) is 5.02 Å². The maximum absolute atomic E-state index is 12.6. The van der Waals surface area contributed by atoms with Gasteiger partial charge in [0.1, 0.15) is 0 Å². The maximum Gasteiger partial charge on any atom is 0.416 e. The molecule has 1 N–H and O–H groups in total. The highest BCUT2D eigenvalue weighted by Crippen LogP contribution is 2.29. The van der Waals surface area contributed by atoms with E-state index in [0.29, 0.717) is 16.1 Å². The smallest absolute Gasteiger partial charge is 0.348 e. The summed E-state index contributed by atoms with van der Waals surface area (Å²) < 4.78 is 37.8. The zero-order chi connectivity index (χ0) is 16.9. The van der Waals surface area contributed by atoms with Crippen molar-refractivity contribution in [3.63, 3.8) is 0 Å². The van der Waals surface area contributed by atoms with Gasteiger partial charge in [-0.05, 0) is 35.4 Å². The summed E-state index contributed by atoms with van der Waals surface area (Å²) in [6, 6.07) is 11.8. The molecule has 0 bridgehead atoms. The third-order valence-corrected chi connectivity index (χ3v) is 3.38. The molecular formula is C17H13ClF3NO. The predicted octanol–water partition coefficient (Wildman–Crippen LogP) is 4.69. The van der Waals surface area contributed by atoms with Gasteiger partial charge in [0.25, 0.3) is 0 Å². The Bertz CT molecular complexity index is 726. The summed E-state index contributed by atoms with van der Waals surface area (Å²) >= 11 is 5.95. The number of hydrogen-bond acceptors (Lipinski definition) is 1. The average molecular weight is 340 g/mol. The van der Waals surface area contributed by atoms with Crippen LogP contribution in [0.15, 0.2) is 54.6 Å². The van der Waals surface area contributed by atoms with Crippen molar-refractivity contribution in [3.8, 4) is 0 Å². The normalized spacial score (nSPS) is 11.7. The molecule has 0 radical (unpaired) electrons. The van der Waals surface area contributed by atoms with Crippen LogP contribution < -0.4 is 5.32 Å². The third kappa shape index (κ3) is 5.14. The Hall–Kier alpha value is -2.27. The van der Waals surface area contributed by atoms with Gasteiger partial charge in [0.2, 0.25) is 5.91 Å². The van der Waals surface area contributed by atoms with Crippen molar-refractivity contribution in [2.75, 3.05) is 0 Å². The van der Waals surface area contributed by atoms with Crippen LogP contribution in [0.4, 0.5) is 13.2 Å². The van der Waals surface area contributed by atoms with Crippen LogP contribution in [-0.2, 0) is 17.5 Å². The molecule has 1 amide bonds. The number of amides is 1. The molecule has 23 heavy (non-hydrogen) atoms. The lowest BCUT2D eigenvalue weighted by atomic mass is 10.1. The Morgan fingerprint density at radius 3 is 2.57 bits per heavy atom. The van der Waals surface area contributed by atoms with Crippen molar-refractivity contribution in [1.82, 2.24) is 5.32 Å². The summed E-state index contributed by atoms with van der Waals surface area (Å²) in [6.45, 7) is 0.00954. The lowest BCUT2D eigenvalue weighted by Gasteiger charge is -2.09. The van der Waals surface area contributed by atoms with E-state index in [0.717, 1.165) is 12.1 Å². The molecule has 0 fully saturated rings. The van der Waals surface area contributed by atoms with Gasteiger partial charge in [0.05, 0.1) is 5.56 Å². The van der Waals surface area contributed by atoms with E-state index in [1.807, 2.05) is 0 Å². The highest BCUT2D eigenvalue weighted by Gasteiger charge is 2.30. The van der Waals surface area contributed by atoms with Crippen LogP contribution in [0.25, 0.3) is 6.08 Å². The first-order chi connectivity index (χ1) is 10.9. The lowest BCUT2D eigenvalue weighted by molar-refractivity contribution is -0.137. The van der Waals surface area contributed by atoms with Crippen LogP contribution >= 0.6 is 11.6 Å². The van der Waals surface area contributed by atoms with Gasteiger partial charge in [-0.2, -0.15) is 13.2 Å². The fraction of sp³-hybridized carbons (Fsp3) is 0.118.